The molecule has 1 aromatic rings. The van der Waals surface area contributed by atoms with Crippen molar-refractivity contribution in [2.24, 2.45) is 0 Å². The average Bonchev–Trinajstić information content (AvgIpc) is 3.09. The first kappa shape index (κ1) is 11.6. The smallest absolute Gasteiger partial charge is 0.126 e. The molecule has 88 valence electrons. The monoisotopic (exact) mass is 223 g/mol. The highest BCUT2D eigenvalue weighted by atomic mass is 19.1. The van der Waals surface area contributed by atoms with Gasteiger partial charge in [0.15, 0.2) is 0 Å². The highest BCUT2D eigenvalue weighted by Crippen LogP contribution is 2.18. The van der Waals surface area contributed by atoms with Crippen molar-refractivity contribution >= 4 is 0 Å². The molecule has 1 atom stereocenters. The molecule has 0 radical (unpaired) electrons. The van der Waals surface area contributed by atoms with Crippen LogP contribution < -0.4 is 5.32 Å². The van der Waals surface area contributed by atoms with Gasteiger partial charge in [-0.05, 0) is 37.3 Å². The largest absolute Gasteiger partial charge is 0.392 e. The number of hydrogen-bond acceptors (Lipinski definition) is 2. The number of aryl methyl sites for hydroxylation is 1. The van der Waals surface area contributed by atoms with Crippen LogP contribution in [0.25, 0.3) is 0 Å². The van der Waals surface area contributed by atoms with Crippen LogP contribution in [0.1, 0.15) is 24.8 Å². The number of nitrogens with one attached hydrogen (secondary N) is 1. The summed E-state index contributed by atoms with van der Waals surface area (Å²) in [7, 11) is 0. The van der Waals surface area contributed by atoms with E-state index >= 15 is 0 Å². The zero-order valence-corrected chi connectivity index (χ0v) is 9.32. The molecule has 0 bridgehead atoms. The van der Waals surface area contributed by atoms with Crippen LogP contribution in [-0.4, -0.2) is 23.8 Å². The van der Waals surface area contributed by atoms with Crippen LogP contribution in [0.4, 0.5) is 4.39 Å². The maximum Gasteiger partial charge on any atom is 0.126 e. The fourth-order valence-corrected chi connectivity index (χ4v) is 1.72. The van der Waals surface area contributed by atoms with E-state index in [9.17, 15) is 9.50 Å². The van der Waals surface area contributed by atoms with Crippen molar-refractivity contribution in [3.05, 3.63) is 35.6 Å². The predicted octanol–water partition coefficient (Wildman–Crippen LogP) is 1.87. The van der Waals surface area contributed by atoms with Gasteiger partial charge in [-0.15, -0.1) is 0 Å². The number of hydrogen-bond donors (Lipinski definition) is 2. The average molecular weight is 223 g/mol. The van der Waals surface area contributed by atoms with Gasteiger partial charge in [0.2, 0.25) is 0 Å². The van der Waals surface area contributed by atoms with Gasteiger partial charge < -0.3 is 10.4 Å². The zero-order valence-electron chi connectivity index (χ0n) is 9.32. The van der Waals surface area contributed by atoms with Crippen molar-refractivity contribution < 1.29 is 9.50 Å². The van der Waals surface area contributed by atoms with Crippen LogP contribution >= 0.6 is 0 Å². The standard InChI is InChI=1S/C13H18FNO/c14-13-4-2-1-3-10(13)5-8-12(16)9-15-11-6-7-11/h1-4,11-12,15-16H,5-9H2. The molecule has 2 N–H and O–H groups in total. The van der Waals surface area contributed by atoms with Gasteiger partial charge in [0.05, 0.1) is 6.10 Å². The summed E-state index contributed by atoms with van der Waals surface area (Å²) in [6, 6.07) is 7.36. The van der Waals surface area contributed by atoms with Crippen LogP contribution in [-0.2, 0) is 6.42 Å². The maximum absolute atomic E-state index is 13.3. The number of aliphatic hydroxyl groups excluding tert-OH is 1. The van der Waals surface area contributed by atoms with E-state index in [0.29, 0.717) is 31.0 Å². The van der Waals surface area contributed by atoms with E-state index in [1.54, 1.807) is 12.1 Å². The molecular weight excluding hydrogens is 205 g/mol. The molecule has 1 saturated carbocycles. The highest BCUT2D eigenvalue weighted by Gasteiger charge is 2.21. The van der Waals surface area contributed by atoms with Gasteiger partial charge in [-0.25, -0.2) is 4.39 Å². The lowest BCUT2D eigenvalue weighted by Gasteiger charge is -2.11. The van der Waals surface area contributed by atoms with E-state index in [1.165, 1.54) is 18.9 Å². The summed E-state index contributed by atoms with van der Waals surface area (Å²) >= 11 is 0. The van der Waals surface area contributed by atoms with E-state index in [1.807, 2.05) is 6.07 Å². The van der Waals surface area contributed by atoms with Gasteiger partial charge in [0.25, 0.3) is 0 Å². The molecule has 0 saturated heterocycles. The van der Waals surface area contributed by atoms with E-state index in [0.717, 1.165) is 0 Å². The van der Waals surface area contributed by atoms with Crippen molar-refractivity contribution in [3.63, 3.8) is 0 Å². The zero-order chi connectivity index (χ0) is 11.4. The van der Waals surface area contributed by atoms with Crippen molar-refractivity contribution in [3.8, 4) is 0 Å². The molecule has 0 aliphatic heterocycles. The third-order valence-electron chi connectivity index (χ3n) is 2.92. The molecule has 1 fully saturated rings. The molecule has 1 aliphatic rings. The summed E-state index contributed by atoms with van der Waals surface area (Å²) in [4.78, 5) is 0. The molecule has 1 aliphatic carbocycles. The lowest BCUT2D eigenvalue weighted by Crippen LogP contribution is -2.28. The molecule has 0 heterocycles. The SMILES string of the molecule is OC(CCc1ccccc1F)CNC1CC1. The van der Waals surface area contributed by atoms with Gasteiger partial charge in [0.1, 0.15) is 5.82 Å². The summed E-state index contributed by atoms with van der Waals surface area (Å²) in [6.07, 6.45) is 3.28. The van der Waals surface area contributed by atoms with Gasteiger partial charge in [-0.1, -0.05) is 18.2 Å². The Hall–Kier alpha value is -0.930. The molecular formula is C13H18FNO. The first-order chi connectivity index (χ1) is 7.75. The fourth-order valence-electron chi connectivity index (χ4n) is 1.72. The van der Waals surface area contributed by atoms with Crippen molar-refractivity contribution in [2.45, 2.75) is 37.8 Å². The Morgan fingerprint density at radius 2 is 2.12 bits per heavy atom. The lowest BCUT2D eigenvalue weighted by molar-refractivity contribution is 0.161. The molecule has 0 aromatic heterocycles. The molecule has 2 nitrogen and oxygen atoms in total. The summed E-state index contributed by atoms with van der Waals surface area (Å²) < 4.78 is 13.3. The second kappa shape index (κ2) is 5.41. The Balaban J connectivity index is 1.71. The van der Waals surface area contributed by atoms with Crippen molar-refractivity contribution in [1.29, 1.82) is 0 Å². The summed E-state index contributed by atoms with van der Waals surface area (Å²) in [5.41, 5.74) is 0.688. The molecule has 3 heteroatoms. The number of halogens is 1. The van der Waals surface area contributed by atoms with Crippen LogP contribution in [0.15, 0.2) is 24.3 Å². The first-order valence-electron chi connectivity index (χ1n) is 5.90. The van der Waals surface area contributed by atoms with Crippen LogP contribution in [0.2, 0.25) is 0 Å². The van der Waals surface area contributed by atoms with E-state index in [-0.39, 0.29) is 11.9 Å². The van der Waals surface area contributed by atoms with Crippen LogP contribution in [0.3, 0.4) is 0 Å². The van der Waals surface area contributed by atoms with Gasteiger partial charge in [-0.3, -0.25) is 0 Å². The molecule has 0 spiro atoms. The fraction of sp³-hybridized carbons (Fsp3) is 0.538. The number of rotatable bonds is 6. The number of aliphatic hydroxyl groups is 1. The molecule has 0 amide bonds. The predicted molar refractivity (Wildman–Crippen MR) is 61.8 cm³/mol. The topological polar surface area (TPSA) is 32.3 Å². The molecule has 1 unspecified atom stereocenters. The third-order valence-corrected chi connectivity index (χ3v) is 2.92. The van der Waals surface area contributed by atoms with Crippen LogP contribution in [0.5, 0.6) is 0 Å². The summed E-state index contributed by atoms with van der Waals surface area (Å²) in [5, 5.41) is 13.0. The Bertz CT molecular complexity index is 338. The second-order valence-electron chi connectivity index (χ2n) is 4.47. The Kier molecular flexibility index (Phi) is 3.91. The van der Waals surface area contributed by atoms with E-state index in [4.69, 9.17) is 0 Å². The molecule has 1 aromatic carbocycles. The van der Waals surface area contributed by atoms with Crippen molar-refractivity contribution in [1.82, 2.24) is 5.32 Å². The minimum atomic E-state index is -0.375. The number of benzene rings is 1. The maximum atomic E-state index is 13.3. The lowest BCUT2D eigenvalue weighted by atomic mass is 10.1. The molecule has 2 rings (SSSR count). The quantitative estimate of drug-likeness (QED) is 0.771. The Morgan fingerprint density at radius 1 is 1.38 bits per heavy atom. The van der Waals surface area contributed by atoms with Crippen LogP contribution in [0, 0.1) is 5.82 Å². The van der Waals surface area contributed by atoms with Gasteiger partial charge >= 0.3 is 0 Å². The second-order valence-corrected chi connectivity index (χ2v) is 4.47. The third kappa shape index (κ3) is 3.58. The molecule has 16 heavy (non-hydrogen) atoms. The van der Waals surface area contributed by atoms with E-state index in [2.05, 4.69) is 5.32 Å². The Morgan fingerprint density at radius 3 is 2.81 bits per heavy atom. The minimum absolute atomic E-state index is 0.176. The Labute approximate surface area is 95.5 Å². The minimum Gasteiger partial charge on any atom is -0.392 e. The van der Waals surface area contributed by atoms with Gasteiger partial charge in [-0.2, -0.15) is 0 Å². The first-order valence-corrected chi connectivity index (χ1v) is 5.90. The van der Waals surface area contributed by atoms with E-state index < -0.39 is 0 Å². The summed E-state index contributed by atoms with van der Waals surface area (Å²) in [5.74, 6) is -0.176. The van der Waals surface area contributed by atoms with Gasteiger partial charge in [0, 0.05) is 12.6 Å². The summed E-state index contributed by atoms with van der Waals surface area (Å²) in [6.45, 7) is 0.624. The highest BCUT2D eigenvalue weighted by molar-refractivity contribution is 5.17. The normalized spacial score (nSPS) is 17.4. The van der Waals surface area contributed by atoms with Crippen molar-refractivity contribution in [2.75, 3.05) is 6.54 Å².